The van der Waals surface area contributed by atoms with Crippen LogP contribution in [0.3, 0.4) is 0 Å². The normalized spacial score (nSPS) is 17.8. The second kappa shape index (κ2) is 22.2. The molecule has 0 aliphatic heterocycles. The van der Waals surface area contributed by atoms with Gasteiger partial charge in [0.1, 0.15) is 0 Å². The highest BCUT2D eigenvalue weighted by Gasteiger charge is 2.54. The smallest absolute Gasteiger partial charge is 0.0732 e. The Kier molecular flexibility index (Phi) is 13.5. The number of rotatable bonds is 10. The van der Waals surface area contributed by atoms with Crippen molar-refractivity contribution in [3.05, 3.63) is 263 Å². The lowest BCUT2D eigenvalue weighted by atomic mass is 9.69. The molecule has 430 valence electrons. The third kappa shape index (κ3) is 8.85. The Morgan fingerprint density at radius 3 is 1.05 bits per heavy atom. The Balaban J connectivity index is 0.906. The number of nitrogens with zero attached hydrogens (tertiary/aromatic N) is 2. The van der Waals surface area contributed by atoms with Crippen molar-refractivity contribution in [3.63, 3.8) is 0 Å². The third-order valence-corrected chi connectivity index (χ3v) is 22.4. The molecule has 0 radical (unpaired) electrons. The van der Waals surface area contributed by atoms with Crippen molar-refractivity contribution in [1.82, 2.24) is 0 Å². The summed E-state index contributed by atoms with van der Waals surface area (Å²) in [4.78, 5) is 5.18. The van der Waals surface area contributed by atoms with Crippen LogP contribution in [0.4, 0.5) is 34.1 Å². The number of benzene rings is 11. The minimum Gasteiger partial charge on any atom is -0.310 e. The summed E-state index contributed by atoms with van der Waals surface area (Å²) in [6.45, 7) is 0. The van der Waals surface area contributed by atoms with Crippen molar-refractivity contribution >= 4 is 66.4 Å². The van der Waals surface area contributed by atoms with E-state index in [9.17, 15) is 0 Å². The molecule has 0 N–H and O–H groups in total. The average molecular weight is 1130 g/mol. The maximum Gasteiger partial charge on any atom is 0.0732 e. The first-order valence-electron chi connectivity index (χ1n) is 33.9. The van der Waals surface area contributed by atoms with Gasteiger partial charge in [0.2, 0.25) is 0 Å². The van der Waals surface area contributed by atoms with E-state index in [-0.39, 0.29) is 0 Å². The Bertz CT molecular complexity index is 4180. The zero-order valence-electron chi connectivity index (χ0n) is 50.6. The van der Waals surface area contributed by atoms with Gasteiger partial charge in [-0.1, -0.05) is 229 Å². The fourth-order valence-electron chi connectivity index (χ4n) is 18.2. The summed E-state index contributed by atoms with van der Waals surface area (Å²) in [5, 5.41) is 7.78. The van der Waals surface area contributed by atoms with Gasteiger partial charge in [-0.05, 0) is 235 Å². The van der Waals surface area contributed by atoms with E-state index in [1.807, 2.05) is 0 Å². The summed E-state index contributed by atoms with van der Waals surface area (Å²) in [5.74, 6) is 2.57. The number of hydrogen-bond donors (Lipinski definition) is 0. The van der Waals surface area contributed by atoms with E-state index in [1.54, 1.807) is 0 Å². The molecule has 6 aliphatic carbocycles. The van der Waals surface area contributed by atoms with Crippen LogP contribution in [0.15, 0.2) is 218 Å². The van der Waals surface area contributed by atoms with Gasteiger partial charge >= 0.3 is 0 Å². The van der Waals surface area contributed by atoms with Crippen molar-refractivity contribution in [2.24, 2.45) is 0 Å². The van der Waals surface area contributed by atoms with Crippen LogP contribution in [0.2, 0.25) is 0 Å². The monoisotopic (exact) mass is 1130 g/mol. The molecule has 11 aromatic carbocycles. The van der Waals surface area contributed by atoms with Gasteiger partial charge in [0.15, 0.2) is 0 Å². The van der Waals surface area contributed by atoms with E-state index in [4.69, 9.17) is 0 Å². The molecular formula is C85H80N2. The van der Waals surface area contributed by atoms with Gasteiger partial charge in [0.05, 0.1) is 11.1 Å². The number of fused-ring (bicyclic) bond motifs is 17. The Morgan fingerprint density at radius 2 is 0.609 bits per heavy atom. The Morgan fingerprint density at radius 1 is 0.253 bits per heavy atom. The summed E-state index contributed by atoms with van der Waals surface area (Å²) >= 11 is 0. The molecule has 6 aliphatic rings. The van der Waals surface area contributed by atoms with Crippen molar-refractivity contribution < 1.29 is 0 Å². The summed E-state index contributed by atoms with van der Waals surface area (Å²) in [6, 6.07) is 87.1. The second-order valence-corrected chi connectivity index (χ2v) is 27.1. The maximum atomic E-state index is 2.67. The van der Waals surface area contributed by atoms with E-state index in [0.717, 1.165) is 0 Å². The molecule has 2 nitrogen and oxygen atoms in total. The largest absolute Gasteiger partial charge is 0.310 e. The van der Waals surface area contributed by atoms with E-state index in [1.165, 1.54) is 262 Å². The van der Waals surface area contributed by atoms with E-state index >= 15 is 0 Å². The Hall–Kier alpha value is -8.20. The van der Waals surface area contributed by atoms with Crippen molar-refractivity contribution in [1.29, 1.82) is 0 Å². The fraction of sp³-hybridized carbons (Fsp3) is 0.294. The fourth-order valence-corrected chi connectivity index (χ4v) is 18.2. The molecule has 11 aromatic rings. The second-order valence-electron chi connectivity index (χ2n) is 27.1. The molecule has 0 heterocycles. The van der Waals surface area contributed by atoms with E-state index in [0.29, 0.717) is 23.7 Å². The van der Waals surface area contributed by atoms with Crippen LogP contribution >= 0.6 is 0 Å². The van der Waals surface area contributed by atoms with Crippen LogP contribution in [0.25, 0.3) is 54.6 Å². The van der Waals surface area contributed by atoms with Crippen LogP contribution in [0.1, 0.15) is 197 Å². The highest BCUT2D eigenvalue weighted by Crippen LogP contribution is 2.67. The molecule has 2 heteroatoms. The van der Waals surface area contributed by atoms with Crippen LogP contribution in [0.5, 0.6) is 0 Å². The van der Waals surface area contributed by atoms with Crippen LogP contribution in [-0.2, 0) is 5.41 Å². The van der Waals surface area contributed by atoms with Gasteiger partial charge in [0.25, 0.3) is 0 Å². The van der Waals surface area contributed by atoms with Gasteiger partial charge in [0, 0.05) is 33.8 Å². The van der Waals surface area contributed by atoms with Gasteiger partial charge in [-0.2, -0.15) is 0 Å². The zero-order chi connectivity index (χ0) is 57.4. The predicted molar refractivity (Wildman–Crippen MR) is 368 cm³/mol. The molecular weight excluding hydrogens is 1050 g/mol. The van der Waals surface area contributed by atoms with Gasteiger partial charge < -0.3 is 9.80 Å². The quantitative estimate of drug-likeness (QED) is 0.126. The molecule has 0 saturated heterocycles. The lowest BCUT2D eigenvalue weighted by molar-refractivity contribution is 0.443. The molecule has 0 aromatic heterocycles. The van der Waals surface area contributed by atoms with E-state index < -0.39 is 5.41 Å². The number of hydrogen-bond acceptors (Lipinski definition) is 2. The Labute approximate surface area is 515 Å². The first kappa shape index (κ1) is 53.1. The SMILES string of the molecule is c1ccc2c(c1)-c1ccccc1C21c2cc(N(c3ccc(C4CCCCC4)cc3)c3ccc(C4CCCCC4)cc3)c3ccccc3c2-c2c1c1ccc(N(c3ccc(C4CCCCC4)cc3)c3ccc(C4CCCCC4)cc3)cc1c1ccccc21. The standard InChI is InChI=1S/C85H80N2/c1-5-21-57(22-6-1)61-37-45-65(46-38-61)86(66-47-39-62(40-48-66)58-23-7-2-8-24-58)69-53-54-76-77(55-69)70-29-13-15-33-74(70)83-82-75-34-16-14-32-73(75)81(56-80(82)85(84(76)83)78-35-19-17-30-71(78)72-31-18-20-36-79(72)85)87(67-49-41-63(42-50-67)59-25-9-3-10-26-59)68-51-43-64(44-52-68)60-27-11-4-12-28-60/h13-20,29-60H,1-12,21-28H2. The highest BCUT2D eigenvalue weighted by molar-refractivity contribution is 6.24. The van der Waals surface area contributed by atoms with Crippen molar-refractivity contribution in [3.8, 4) is 22.3 Å². The van der Waals surface area contributed by atoms with Gasteiger partial charge in [-0.25, -0.2) is 0 Å². The van der Waals surface area contributed by atoms with Gasteiger partial charge in [-0.15, -0.1) is 0 Å². The van der Waals surface area contributed by atoms with E-state index in [2.05, 4.69) is 228 Å². The van der Waals surface area contributed by atoms with Crippen molar-refractivity contribution in [2.45, 2.75) is 158 Å². The molecule has 4 saturated carbocycles. The number of anilines is 6. The third-order valence-electron chi connectivity index (χ3n) is 22.4. The highest BCUT2D eigenvalue weighted by atomic mass is 15.1. The summed E-state index contributed by atoms with van der Waals surface area (Å²) in [7, 11) is 0. The lowest BCUT2D eigenvalue weighted by Gasteiger charge is -2.34. The summed E-state index contributed by atoms with van der Waals surface area (Å²) < 4.78 is 0. The van der Waals surface area contributed by atoms with Crippen LogP contribution < -0.4 is 9.80 Å². The van der Waals surface area contributed by atoms with Crippen LogP contribution in [-0.4, -0.2) is 0 Å². The molecule has 0 amide bonds. The topological polar surface area (TPSA) is 6.48 Å². The predicted octanol–water partition coefficient (Wildman–Crippen LogP) is 24.6. The maximum absolute atomic E-state index is 2.67. The molecule has 0 atom stereocenters. The van der Waals surface area contributed by atoms with Crippen molar-refractivity contribution in [2.75, 3.05) is 9.80 Å². The molecule has 0 unspecified atom stereocenters. The summed E-state index contributed by atoms with van der Waals surface area (Å²) in [5.41, 5.74) is 23.5. The minimum atomic E-state index is -0.634. The average Bonchev–Trinajstić information content (AvgIpc) is 1.50. The molecule has 0 bridgehead atoms. The lowest BCUT2D eigenvalue weighted by Crippen LogP contribution is -2.26. The van der Waals surface area contributed by atoms with Crippen LogP contribution in [0, 0.1) is 0 Å². The first-order chi connectivity index (χ1) is 43.2. The molecule has 1 spiro atoms. The molecule has 4 fully saturated rings. The molecule has 17 rings (SSSR count). The minimum absolute atomic E-state index is 0.634. The zero-order valence-corrected chi connectivity index (χ0v) is 50.6. The summed E-state index contributed by atoms with van der Waals surface area (Å²) in [6.07, 6.45) is 26.5. The first-order valence-corrected chi connectivity index (χ1v) is 33.9. The molecule has 87 heavy (non-hydrogen) atoms. The van der Waals surface area contributed by atoms with Gasteiger partial charge in [-0.3, -0.25) is 0 Å².